The second-order valence-corrected chi connectivity index (χ2v) is 7.62. The smallest absolute Gasteiger partial charge is 0.303 e. The fraction of sp³-hybridized carbons (Fsp3) is 0.292. The van der Waals surface area contributed by atoms with Crippen molar-refractivity contribution in [2.24, 2.45) is 0 Å². The number of halogens is 1. The summed E-state index contributed by atoms with van der Waals surface area (Å²) in [6.07, 6.45) is 1.52. The second-order valence-electron chi connectivity index (χ2n) is 7.62. The van der Waals surface area contributed by atoms with E-state index in [4.69, 9.17) is 5.11 Å². The Morgan fingerprint density at radius 2 is 1.74 bits per heavy atom. The topological polar surface area (TPSA) is 94.9 Å². The molecule has 2 aromatic rings. The molecule has 162 valence electrons. The summed E-state index contributed by atoms with van der Waals surface area (Å²) in [6.45, 7) is 2.08. The molecule has 1 fully saturated rings. The zero-order valence-corrected chi connectivity index (χ0v) is 17.2. The highest BCUT2D eigenvalue weighted by molar-refractivity contribution is 6.46. The molecule has 31 heavy (non-hydrogen) atoms. The van der Waals surface area contributed by atoms with E-state index in [1.807, 2.05) is 6.92 Å². The number of hydrogen-bond donors (Lipinski definition) is 2. The number of amides is 1. The van der Waals surface area contributed by atoms with Crippen molar-refractivity contribution >= 4 is 23.4 Å². The maximum Gasteiger partial charge on any atom is 0.303 e. The second kappa shape index (κ2) is 9.55. The number of Topliss-reactive ketones (excluding diaryl/α,β-unsaturated/α-hetero) is 1. The normalized spacial score (nSPS) is 17.9. The number of nitrogens with zero attached hydrogens (tertiary/aromatic N) is 1. The molecule has 0 radical (unpaired) electrons. The van der Waals surface area contributed by atoms with Gasteiger partial charge in [0.05, 0.1) is 11.6 Å². The number of benzene rings is 2. The standard InChI is InChI=1S/C24H24FNO5/c1-15-9-11-16(12-10-15)22(29)20-21(17-6-5-7-18(25)14-17)26(24(31)23(20)30)13-4-2-3-8-19(27)28/h5-7,9-12,14,21,29H,2-4,8,13H2,1H3,(H,27,28)/t21-/m1/s1. The van der Waals surface area contributed by atoms with Crippen molar-refractivity contribution in [2.75, 3.05) is 6.54 Å². The van der Waals surface area contributed by atoms with E-state index in [2.05, 4.69) is 0 Å². The molecule has 0 aliphatic carbocycles. The molecule has 1 heterocycles. The van der Waals surface area contributed by atoms with Crippen LogP contribution in [0.4, 0.5) is 4.39 Å². The van der Waals surface area contributed by atoms with Crippen molar-refractivity contribution in [3.63, 3.8) is 0 Å². The van der Waals surface area contributed by atoms with Crippen LogP contribution in [0.3, 0.4) is 0 Å². The average Bonchev–Trinajstić information content (AvgIpc) is 2.98. The van der Waals surface area contributed by atoms with Crippen LogP contribution in [0.1, 0.15) is 48.4 Å². The number of ketones is 1. The maximum absolute atomic E-state index is 13.9. The third-order valence-electron chi connectivity index (χ3n) is 5.32. The number of unbranched alkanes of at least 4 members (excludes halogenated alkanes) is 2. The van der Waals surface area contributed by atoms with Gasteiger partial charge >= 0.3 is 5.97 Å². The minimum absolute atomic E-state index is 0.0273. The highest BCUT2D eigenvalue weighted by Crippen LogP contribution is 2.39. The Morgan fingerprint density at radius 1 is 1.03 bits per heavy atom. The van der Waals surface area contributed by atoms with Crippen molar-refractivity contribution in [2.45, 2.75) is 38.6 Å². The monoisotopic (exact) mass is 425 g/mol. The summed E-state index contributed by atoms with van der Waals surface area (Å²) in [7, 11) is 0. The van der Waals surface area contributed by atoms with Crippen LogP contribution in [0.15, 0.2) is 54.1 Å². The van der Waals surface area contributed by atoms with E-state index < -0.39 is 29.5 Å². The summed E-state index contributed by atoms with van der Waals surface area (Å²) in [5.41, 5.74) is 1.68. The summed E-state index contributed by atoms with van der Waals surface area (Å²) < 4.78 is 13.9. The Labute approximate surface area is 179 Å². The van der Waals surface area contributed by atoms with Gasteiger partial charge in [0.15, 0.2) is 0 Å². The fourth-order valence-electron chi connectivity index (χ4n) is 3.74. The SMILES string of the molecule is Cc1ccc(C(O)=C2C(=O)C(=O)N(CCCCCC(=O)O)[C@@H]2c2cccc(F)c2)cc1. The lowest BCUT2D eigenvalue weighted by atomic mass is 9.95. The molecule has 2 N–H and O–H groups in total. The predicted octanol–water partition coefficient (Wildman–Crippen LogP) is 4.20. The van der Waals surface area contributed by atoms with Crippen LogP contribution >= 0.6 is 0 Å². The van der Waals surface area contributed by atoms with Crippen molar-refractivity contribution in [3.05, 3.63) is 76.6 Å². The van der Waals surface area contributed by atoms with Gasteiger partial charge < -0.3 is 15.1 Å². The number of hydrogen-bond acceptors (Lipinski definition) is 4. The molecule has 0 spiro atoms. The number of carboxylic acid groups (broad SMARTS) is 1. The number of likely N-dealkylation sites (tertiary alicyclic amines) is 1. The lowest BCUT2D eigenvalue weighted by Crippen LogP contribution is -2.30. The highest BCUT2D eigenvalue weighted by atomic mass is 19.1. The number of aryl methyl sites for hydroxylation is 1. The van der Waals surface area contributed by atoms with E-state index in [0.29, 0.717) is 30.4 Å². The molecule has 0 unspecified atom stereocenters. The molecule has 7 heteroatoms. The maximum atomic E-state index is 13.9. The summed E-state index contributed by atoms with van der Waals surface area (Å²) in [4.78, 5) is 37.7. The first kappa shape index (κ1) is 22.2. The number of rotatable bonds is 8. The number of carbonyl (C=O) groups excluding carboxylic acids is 2. The van der Waals surface area contributed by atoms with Crippen molar-refractivity contribution in [1.29, 1.82) is 0 Å². The zero-order chi connectivity index (χ0) is 22.5. The molecule has 3 rings (SSSR count). The van der Waals surface area contributed by atoms with Gasteiger partial charge in [-0.25, -0.2) is 4.39 Å². The number of carbonyl (C=O) groups is 3. The first-order chi connectivity index (χ1) is 14.8. The number of aliphatic hydroxyl groups excluding tert-OH is 1. The van der Waals surface area contributed by atoms with Gasteiger partial charge in [-0.05, 0) is 37.5 Å². The fourth-order valence-corrected chi connectivity index (χ4v) is 3.74. The number of aliphatic carboxylic acids is 1. The Hall–Kier alpha value is -3.48. The third kappa shape index (κ3) is 4.99. The van der Waals surface area contributed by atoms with Gasteiger partial charge in [-0.2, -0.15) is 0 Å². The molecule has 6 nitrogen and oxygen atoms in total. The largest absolute Gasteiger partial charge is 0.507 e. The number of aliphatic hydroxyl groups is 1. The van der Waals surface area contributed by atoms with Crippen LogP contribution in [-0.2, 0) is 14.4 Å². The minimum atomic E-state index is -0.920. The van der Waals surface area contributed by atoms with Crippen LogP contribution in [0.2, 0.25) is 0 Å². The van der Waals surface area contributed by atoms with Crippen LogP contribution in [0.25, 0.3) is 5.76 Å². The van der Waals surface area contributed by atoms with Crippen molar-refractivity contribution < 1.29 is 29.0 Å². The van der Waals surface area contributed by atoms with Gasteiger partial charge in [-0.3, -0.25) is 14.4 Å². The van der Waals surface area contributed by atoms with E-state index in [9.17, 15) is 23.9 Å². The Bertz CT molecular complexity index is 1030. The van der Waals surface area contributed by atoms with Gasteiger partial charge in [-0.15, -0.1) is 0 Å². The molecule has 1 amide bonds. The molecule has 0 aromatic heterocycles. The van der Waals surface area contributed by atoms with Crippen LogP contribution in [0, 0.1) is 12.7 Å². The Balaban J connectivity index is 1.97. The average molecular weight is 425 g/mol. The predicted molar refractivity (Wildman–Crippen MR) is 113 cm³/mol. The zero-order valence-electron chi connectivity index (χ0n) is 17.2. The summed E-state index contributed by atoms with van der Waals surface area (Å²) in [5.74, 6) is -3.29. The van der Waals surface area contributed by atoms with E-state index in [-0.39, 0.29) is 24.3 Å². The quantitative estimate of drug-likeness (QED) is 0.286. The molecular weight excluding hydrogens is 401 g/mol. The lowest BCUT2D eigenvalue weighted by Gasteiger charge is -2.25. The van der Waals surface area contributed by atoms with E-state index in [0.717, 1.165) is 5.56 Å². The minimum Gasteiger partial charge on any atom is -0.507 e. The first-order valence-electron chi connectivity index (χ1n) is 10.1. The highest BCUT2D eigenvalue weighted by Gasteiger charge is 2.45. The third-order valence-corrected chi connectivity index (χ3v) is 5.32. The van der Waals surface area contributed by atoms with Crippen molar-refractivity contribution in [3.8, 4) is 0 Å². The molecule has 1 aliphatic heterocycles. The molecule has 0 saturated carbocycles. The molecule has 1 aliphatic rings. The molecule has 2 aromatic carbocycles. The summed E-state index contributed by atoms with van der Waals surface area (Å²) in [6, 6.07) is 11.6. The Kier molecular flexibility index (Phi) is 6.84. The van der Waals surface area contributed by atoms with Crippen LogP contribution in [0.5, 0.6) is 0 Å². The molecular formula is C24H24FNO5. The van der Waals surface area contributed by atoms with E-state index in [1.54, 1.807) is 30.3 Å². The van der Waals surface area contributed by atoms with Crippen LogP contribution < -0.4 is 0 Å². The lowest BCUT2D eigenvalue weighted by molar-refractivity contribution is -0.140. The Morgan fingerprint density at radius 3 is 2.39 bits per heavy atom. The molecule has 0 bridgehead atoms. The molecule has 1 saturated heterocycles. The van der Waals surface area contributed by atoms with Gasteiger partial charge in [0.2, 0.25) is 0 Å². The summed E-state index contributed by atoms with van der Waals surface area (Å²) in [5, 5.41) is 19.7. The van der Waals surface area contributed by atoms with Gasteiger partial charge in [0, 0.05) is 18.5 Å². The summed E-state index contributed by atoms with van der Waals surface area (Å²) >= 11 is 0. The van der Waals surface area contributed by atoms with E-state index in [1.165, 1.54) is 23.1 Å². The van der Waals surface area contributed by atoms with Gasteiger partial charge in [0.1, 0.15) is 11.6 Å². The van der Waals surface area contributed by atoms with Crippen LogP contribution in [-0.4, -0.2) is 39.3 Å². The first-order valence-corrected chi connectivity index (χ1v) is 10.1. The number of carboxylic acids is 1. The van der Waals surface area contributed by atoms with Crippen molar-refractivity contribution in [1.82, 2.24) is 4.90 Å². The van der Waals surface area contributed by atoms with E-state index >= 15 is 0 Å². The van der Waals surface area contributed by atoms with Gasteiger partial charge in [-0.1, -0.05) is 48.4 Å². The molecule has 1 atom stereocenters. The van der Waals surface area contributed by atoms with Gasteiger partial charge in [0.25, 0.3) is 11.7 Å².